The second kappa shape index (κ2) is 81.4. The molecular formula is C93H182O17P2. The van der Waals surface area contributed by atoms with Crippen molar-refractivity contribution in [3.8, 4) is 0 Å². The highest BCUT2D eigenvalue weighted by Crippen LogP contribution is 2.45. The Balaban J connectivity index is 5.21. The molecule has 0 bridgehead atoms. The molecule has 0 radical (unpaired) electrons. The van der Waals surface area contributed by atoms with Crippen molar-refractivity contribution in [2.24, 2.45) is 23.7 Å². The summed E-state index contributed by atoms with van der Waals surface area (Å²) >= 11 is 0. The van der Waals surface area contributed by atoms with Gasteiger partial charge in [-0.1, -0.05) is 441 Å². The van der Waals surface area contributed by atoms with Gasteiger partial charge in [-0.05, 0) is 49.4 Å². The summed E-state index contributed by atoms with van der Waals surface area (Å²) in [5.41, 5.74) is 0. The van der Waals surface area contributed by atoms with E-state index < -0.39 is 97.5 Å². The minimum Gasteiger partial charge on any atom is -0.462 e. The summed E-state index contributed by atoms with van der Waals surface area (Å²) < 4.78 is 69.1. The topological polar surface area (TPSA) is 237 Å². The van der Waals surface area contributed by atoms with Crippen molar-refractivity contribution in [2.45, 2.75) is 510 Å². The fourth-order valence-corrected chi connectivity index (χ4v) is 16.1. The number of rotatable bonds is 90. The predicted octanol–water partition coefficient (Wildman–Crippen LogP) is 28.7. The molecule has 17 nitrogen and oxygen atoms in total. The number of phosphoric acid groups is 2. The third-order valence-corrected chi connectivity index (χ3v) is 24.1. The van der Waals surface area contributed by atoms with E-state index in [1.54, 1.807) is 0 Å². The highest BCUT2D eigenvalue weighted by atomic mass is 31.2. The van der Waals surface area contributed by atoms with E-state index in [1.165, 1.54) is 289 Å². The summed E-state index contributed by atoms with van der Waals surface area (Å²) in [6.45, 7) is 14.4. The van der Waals surface area contributed by atoms with Crippen molar-refractivity contribution in [1.29, 1.82) is 0 Å². The van der Waals surface area contributed by atoms with Crippen LogP contribution in [0.5, 0.6) is 0 Å². The fraction of sp³-hybridized carbons (Fsp3) is 0.957. The van der Waals surface area contributed by atoms with Gasteiger partial charge < -0.3 is 33.8 Å². The fourth-order valence-electron chi connectivity index (χ4n) is 14.5. The van der Waals surface area contributed by atoms with Gasteiger partial charge in [0, 0.05) is 25.7 Å². The first-order valence-corrected chi connectivity index (χ1v) is 50.7. The molecule has 0 aromatic carbocycles. The average Bonchev–Trinajstić information content (AvgIpc) is 0.900. The summed E-state index contributed by atoms with van der Waals surface area (Å²) in [4.78, 5) is 73.4. The number of hydrogen-bond acceptors (Lipinski definition) is 15. The number of aliphatic hydroxyl groups is 1. The van der Waals surface area contributed by atoms with Crippen LogP contribution in [0.4, 0.5) is 0 Å². The van der Waals surface area contributed by atoms with Gasteiger partial charge in [-0.25, -0.2) is 9.13 Å². The monoisotopic (exact) mass is 1630 g/mol. The van der Waals surface area contributed by atoms with E-state index in [0.717, 1.165) is 114 Å². The smallest absolute Gasteiger partial charge is 0.462 e. The largest absolute Gasteiger partial charge is 0.472 e. The summed E-state index contributed by atoms with van der Waals surface area (Å²) in [7, 11) is -9.94. The van der Waals surface area contributed by atoms with Crippen LogP contribution in [0.2, 0.25) is 0 Å². The zero-order valence-electron chi connectivity index (χ0n) is 74.3. The van der Waals surface area contributed by atoms with Crippen molar-refractivity contribution in [2.75, 3.05) is 39.6 Å². The molecule has 0 aliphatic rings. The number of ether oxygens (including phenoxy) is 4. The van der Waals surface area contributed by atoms with Crippen molar-refractivity contribution in [1.82, 2.24) is 0 Å². The Bertz CT molecular complexity index is 2170. The average molecular weight is 1630 g/mol. The van der Waals surface area contributed by atoms with Crippen LogP contribution in [0.1, 0.15) is 492 Å². The number of phosphoric ester groups is 2. The Morgan fingerprint density at radius 1 is 0.250 bits per heavy atom. The van der Waals surface area contributed by atoms with Crippen molar-refractivity contribution >= 4 is 39.5 Å². The maximum Gasteiger partial charge on any atom is 0.472 e. The van der Waals surface area contributed by atoms with Gasteiger partial charge in [0.05, 0.1) is 26.4 Å². The molecule has 666 valence electrons. The van der Waals surface area contributed by atoms with Crippen LogP contribution < -0.4 is 0 Å². The van der Waals surface area contributed by atoms with Gasteiger partial charge in [0.2, 0.25) is 0 Å². The maximum absolute atomic E-state index is 13.2. The number of esters is 4. The Morgan fingerprint density at radius 2 is 0.429 bits per heavy atom. The third-order valence-electron chi connectivity index (χ3n) is 22.2. The molecule has 6 atom stereocenters. The van der Waals surface area contributed by atoms with Gasteiger partial charge in [0.15, 0.2) is 12.2 Å². The van der Waals surface area contributed by atoms with Crippen LogP contribution in [0.3, 0.4) is 0 Å². The molecule has 0 amide bonds. The predicted molar refractivity (Wildman–Crippen MR) is 464 cm³/mol. The number of carbonyl (C=O) groups excluding carboxylic acids is 4. The molecule has 0 saturated carbocycles. The van der Waals surface area contributed by atoms with Crippen LogP contribution in [0.25, 0.3) is 0 Å². The second-order valence-corrected chi connectivity index (χ2v) is 38.0. The summed E-state index contributed by atoms with van der Waals surface area (Å²) in [5.74, 6) is 1.11. The molecule has 112 heavy (non-hydrogen) atoms. The first kappa shape index (κ1) is 110. The Kier molecular flexibility index (Phi) is 80.0. The van der Waals surface area contributed by atoms with E-state index in [9.17, 15) is 43.2 Å². The molecule has 0 spiro atoms. The zero-order chi connectivity index (χ0) is 82.3. The Hall–Kier alpha value is -1.94. The van der Waals surface area contributed by atoms with Gasteiger partial charge in [-0.3, -0.25) is 37.3 Å². The molecule has 3 N–H and O–H groups in total. The number of unbranched alkanes of at least 4 members (excludes halogenated alkanes) is 55. The van der Waals surface area contributed by atoms with E-state index in [0.29, 0.717) is 31.6 Å². The van der Waals surface area contributed by atoms with Crippen LogP contribution in [0, 0.1) is 23.7 Å². The highest BCUT2D eigenvalue weighted by Gasteiger charge is 2.31. The van der Waals surface area contributed by atoms with E-state index in [1.807, 2.05) is 0 Å². The van der Waals surface area contributed by atoms with Gasteiger partial charge in [0.25, 0.3) is 0 Å². The van der Waals surface area contributed by atoms with Gasteiger partial charge >= 0.3 is 39.5 Å². The molecule has 0 aromatic rings. The number of hydrogen-bond donors (Lipinski definition) is 3. The van der Waals surface area contributed by atoms with E-state index in [-0.39, 0.29) is 25.7 Å². The Labute approximate surface area is 689 Å². The van der Waals surface area contributed by atoms with Crippen LogP contribution in [-0.4, -0.2) is 96.7 Å². The van der Waals surface area contributed by atoms with Gasteiger partial charge in [-0.15, -0.1) is 0 Å². The molecule has 0 aliphatic carbocycles. The molecule has 0 aromatic heterocycles. The first-order valence-electron chi connectivity index (χ1n) is 47.7. The lowest BCUT2D eigenvalue weighted by Gasteiger charge is -2.21. The van der Waals surface area contributed by atoms with Crippen molar-refractivity contribution < 1.29 is 80.2 Å². The van der Waals surface area contributed by atoms with Crippen molar-refractivity contribution in [3.63, 3.8) is 0 Å². The normalized spacial score (nSPS) is 14.1. The quantitative estimate of drug-likeness (QED) is 0.0222. The second-order valence-electron chi connectivity index (χ2n) is 35.1. The summed E-state index contributed by atoms with van der Waals surface area (Å²) in [6.07, 6.45) is 73.8. The molecule has 0 rings (SSSR count). The van der Waals surface area contributed by atoms with E-state index in [2.05, 4.69) is 55.4 Å². The van der Waals surface area contributed by atoms with Crippen LogP contribution in [-0.2, 0) is 65.4 Å². The highest BCUT2D eigenvalue weighted by molar-refractivity contribution is 7.47. The molecule has 4 unspecified atom stereocenters. The van der Waals surface area contributed by atoms with Crippen LogP contribution in [0.15, 0.2) is 0 Å². The first-order chi connectivity index (χ1) is 54.1. The molecule has 0 fully saturated rings. The van der Waals surface area contributed by atoms with E-state index >= 15 is 0 Å². The number of carbonyl (C=O) groups is 4. The Morgan fingerprint density at radius 3 is 0.634 bits per heavy atom. The zero-order valence-corrected chi connectivity index (χ0v) is 76.1. The minimum atomic E-state index is -4.97. The van der Waals surface area contributed by atoms with Gasteiger partial charge in [-0.2, -0.15) is 0 Å². The SMILES string of the molecule is CCC(C)CCCCCCCCCCCCCCCCCCCCC(=O)O[C@H](COC(=O)CCCCCCCCCCCCCCCCCCC(C)C)COP(=O)(O)OCC(O)COP(=O)(O)OC[C@@H](COC(=O)CCCCCCCCCC(C)C)OC(=O)CCCCCCCCCCCCCCCCCCCCC(C)C. The number of aliphatic hydroxyl groups excluding tert-OH is 1. The lowest BCUT2D eigenvalue weighted by Crippen LogP contribution is -2.30. The molecule has 19 heteroatoms. The summed E-state index contributed by atoms with van der Waals surface area (Å²) in [6, 6.07) is 0. The maximum atomic E-state index is 13.2. The van der Waals surface area contributed by atoms with E-state index in [4.69, 9.17) is 37.0 Å². The molecule has 0 saturated heterocycles. The standard InChI is InChI=1S/C93H182O17P2/c1-9-86(8)72-64-56-48-40-34-28-22-15-11-13-17-25-31-37-43-51-59-67-75-92(97)109-88(79-103-90(95)73-65-57-49-41-35-29-23-19-18-21-27-33-39-46-54-62-70-84(4)5)81-107-111(99,100)105-77-87(94)78-106-112(101,102)108-82-89(80-104-91(96)74-66-58-52-44-47-55-63-71-85(6)7)110-93(98)76-68-60-50-42-36-30-24-16-12-10-14-20-26-32-38-45-53-61-69-83(2)3/h83-89,94H,9-82H2,1-8H3,(H,99,100)(H,101,102)/t86?,87?,88-,89-/m1/s1. The van der Waals surface area contributed by atoms with Crippen LogP contribution >= 0.6 is 15.6 Å². The molecule has 0 heterocycles. The molecular weight excluding hydrogens is 1450 g/mol. The molecule has 0 aliphatic heterocycles. The lowest BCUT2D eigenvalue weighted by molar-refractivity contribution is -0.161. The van der Waals surface area contributed by atoms with Crippen molar-refractivity contribution in [3.05, 3.63) is 0 Å². The third kappa shape index (κ3) is 84.5. The minimum absolute atomic E-state index is 0.107. The van der Waals surface area contributed by atoms with Gasteiger partial charge in [0.1, 0.15) is 19.3 Å². The lowest BCUT2D eigenvalue weighted by atomic mass is 9.99. The summed E-state index contributed by atoms with van der Waals surface area (Å²) in [5, 5.41) is 10.7.